The zero-order chi connectivity index (χ0) is 20.4. The zero-order valence-electron chi connectivity index (χ0n) is 16.1. The number of nitriles is 1. The highest BCUT2D eigenvalue weighted by Gasteiger charge is 2.25. The number of nitrogens with zero attached hydrogens (tertiary/aromatic N) is 2. The van der Waals surface area contributed by atoms with Gasteiger partial charge in [0.2, 0.25) is 0 Å². The number of carboxylic acids is 1. The summed E-state index contributed by atoms with van der Waals surface area (Å²) in [5, 5.41) is 21.3. The first-order chi connectivity index (χ1) is 13.5. The van der Waals surface area contributed by atoms with E-state index in [0.29, 0.717) is 31.2 Å². The van der Waals surface area contributed by atoms with E-state index in [-0.39, 0.29) is 11.5 Å². The lowest BCUT2D eigenvalue weighted by Gasteiger charge is -2.32. The van der Waals surface area contributed by atoms with Gasteiger partial charge in [-0.25, -0.2) is 4.79 Å². The molecule has 1 aliphatic heterocycles. The number of rotatable bonds is 9. The number of aliphatic carboxylic acids is 1. The zero-order valence-corrected chi connectivity index (χ0v) is 17.0. The number of thioether (sulfide) groups is 1. The molecule has 1 saturated heterocycles. The Balaban J connectivity index is 1.89. The summed E-state index contributed by atoms with van der Waals surface area (Å²) in [6.45, 7) is 1.23. The van der Waals surface area contributed by atoms with Crippen LogP contribution in [0.3, 0.4) is 0 Å². The maximum atomic E-state index is 12.6. The Kier molecular flexibility index (Phi) is 8.89. The van der Waals surface area contributed by atoms with Crippen LogP contribution in [0, 0.1) is 17.2 Å². The summed E-state index contributed by atoms with van der Waals surface area (Å²) < 4.78 is 0. The van der Waals surface area contributed by atoms with Crippen molar-refractivity contribution in [3.8, 4) is 6.07 Å². The Morgan fingerprint density at radius 1 is 1.36 bits per heavy atom. The molecule has 1 unspecified atom stereocenters. The lowest BCUT2D eigenvalue weighted by Crippen LogP contribution is -2.40. The van der Waals surface area contributed by atoms with E-state index in [1.165, 1.54) is 11.8 Å². The third kappa shape index (κ3) is 6.61. The van der Waals surface area contributed by atoms with Crippen LogP contribution in [0.2, 0.25) is 0 Å². The number of benzene rings is 1. The fraction of sp³-hybridized carbons (Fsp3) is 0.476. The summed E-state index contributed by atoms with van der Waals surface area (Å²) in [7, 11) is 0. The van der Waals surface area contributed by atoms with Crippen molar-refractivity contribution in [3.05, 3.63) is 47.7 Å². The molecule has 28 heavy (non-hydrogen) atoms. The summed E-state index contributed by atoms with van der Waals surface area (Å²) in [4.78, 5) is 25.6. The second kappa shape index (κ2) is 11.4. The molecule has 2 N–H and O–H groups in total. The minimum Gasteiger partial charge on any atom is -0.480 e. The van der Waals surface area contributed by atoms with Gasteiger partial charge in [-0.15, -0.1) is 0 Å². The predicted octanol–water partition coefficient (Wildman–Crippen LogP) is 2.67. The number of carbonyl (C=O) groups excluding carboxylic acids is 1. The van der Waals surface area contributed by atoms with Crippen LogP contribution in [-0.2, 0) is 16.0 Å². The van der Waals surface area contributed by atoms with Crippen LogP contribution >= 0.6 is 11.8 Å². The van der Waals surface area contributed by atoms with Crippen molar-refractivity contribution in [2.45, 2.75) is 31.7 Å². The van der Waals surface area contributed by atoms with E-state index in [1.807, 2.05) is 30.5 Å². The molecule has 1 fully saturated rings. The molecule has 6 nitrogen and oxygen atoms in total. The van der Waals surface area contributed by atoms with E-state index in [4.69, 9.17) is 0 Å². The third-order valence-corrected chi connectivity index (χ3v) is 5.60. The number of piperidine rings is 1. The van der Waals surface area contributed by atoms with Crippen LogP contribution in [0.4, 0.5) is 0 Å². The first-order valence-corrected chi connectivity index (χ1v) is 10.9. The summed E-state index contributed by atoms with van der Waals surface area (Å²) in [6.07, 6.45) is 6.39. The number of carbonyl (C=O) groups is 2. The van der Waals surface area contributed by atoms with Crippen molar-refractivity contribution in [1.82, 2.24) is 10.2 Å². The molecule has 1 aliphatic rings. The highest BCUT2D eigenvalue weighted by molar-refractivity contribution is 7.98. The SMILES string of the molecule is CSCCC(N/C=C(/C#N)C(=O)N1CCC(Cc2ccccc2)CC1)C(=O)O. The Hall–Kier alpha value is -2.46. The molecule has 0 radical (unpaired) electrons. The summed E-state index contributed by atoms with van der Waals surface area (Å²) in [5.41, 5.74) is 1.26. The van der Waals surface area contributed by atoms with Gasteiger partial charge in [0.1, 0.15) is 17.7 Å². The second-order valence-electron chi connectivity index (χ2n) is 6.93. The van der Waals surface area contributed by atoms with E-state index in [1.54, 1.807) is 16.7 Å². The van der Waals surface area contributed by atoms with Gasteiger partial charge >= 0.3 is 5.97 Å². The number of amides is 1. The molecular weight excluding hydrogens is 374 g/mol. The molecule has 0 aliphatic carbocycles. The van der Waals surface area contributed by atoms with Gasteiger partial charge in [-0.05, 0) is 49.2 Å². The number of likely N-dealkylation sites (tertiary alicyclic amines) is 1. The van der Waals surface area contributed by atoms with Crippen LogP contribution < -0.4 is 5.32 Å². The second-order valence-corrected chi connectivity index (χ2v) is 7.92. The van der Waals surface area contributed by atoms with E-state index in [0.717, 1.165) is 19.3 Å². The van der Waals surface area contributed by atoms with Crippen molar-refractivity contribution in [2.24, 2.45) is 5.92 Å². The number of carboxylic acid groups (broad SMARTS) is 1. The largest absolute Gasteiger partial charge is 0.480 e. The van der Waals surface area contributed by atoms with Gasteiger partial charge in [0.05, 0.1) is 0 Å². The quantitative estimate of drug-likeness (QED) is 0.488. The van der Waals surface area contributed by atoms with Gasteiger partial charge in [0, 0.05) is 19.3 Å². The topological polar surface area (TPSA) is 93.4 Å². The highest BCUT2D eigenvalue weighted by atomic mass is 32.2. The first-order valence-electron chi connectivity index (χ1n) is 9.46. The molecule has 0 bridgehead atoms. The minimum absolute atomic E-state index is 0.0445. The van der Waals surface area contributed by atoms with Gasteiger partial charge in [-0.1, -0.05) is 30.3 Å². The van der Waals surface area contributed by atoms with Crippen molar-refractivity contribution in [2.75, 3.05) is 25.1 Å². The number of hydrogen-bond donors (Lipinski definition) is 2. The Bertz CT molecular complexity index is 722. The molecule has 1 aromatic carbocycles. The Morgan fingerprint density at radius 3 is 2.61 bits per heavy atom. The normalized spacial score (nSPS) is 16.3. The number of nitrogens with one attached hydrogen (secondary N) is 1. The standard InChI is InChI=1S/C21H27N3O3S/c1-28-12-9-19(21(26)27)23-15-18(14-22)20(25)24-10-7-17(8-11-24)13-16-5-3-2-4-6-16/h2-6,15,17,19,23H,7-13H2,1H3,(H,26,27)/b18-15-. The Labute approximate surface area is 170 Å². The molecule has 0 aromatic heterocycles. The van der Waals surface area contributed by atoms with Gasteiger partial charge < -0.3 is 15.3 Å². The molecule has 150 valence electrons. The van der Waals surface area contributed by atoms with E-state index in [2.05, 4.69) is 17.4 Å². The molecule has 0 saturated carbocycles. The van der Waals surface area contributed by atoms with Crippen molar-refractivity contribution < 1.29 is 14.7 Å². The fourth-order valence-electron chi connectivity index (χ4n) is 3.30. The van der Waals surface area contributed by atoms with Crippen LogP contribution in [0.15, 0.2) is 42.1 Å². The van der Waals surface area contributed by atoms with Crippen LogP contribution in [-0.4, -0.2) is 53.0 Å². The van der Waals surface area contributed by atoms with Gasteiger partial charge in [0.15, 0.2) is 0 Å². The van der Waals surface area contributed by atoms with Gasteiger partial charge in [-0.3, -0.25) is 4.79 Å². The molecule has 1 atom stereocenters. The molecule has 1 amide bonds. The average Bonchev–Trinajstić information content (AvgIpc) is 2.71. The molecule has 1 heterocycles. The monoisotopic (exact) mass is 401 g/mol. The van der Waals surface area contributed by atoms with Gasteiger partial charge in [0.25, 0.3) is 5.91 Å². The maximum absolute atomic E-state index is 12.6. The lowest BCUT2D eigenvalue weighted by atomic mass is 9.90. The van der Waals surface area contributed by atoms with Crippen molar-refractivity contribution >= 4 is 23.6 Å². The summed E-state index contributed by atoms with van der Waals surface area (Å²) in [5.74, 6) is -0.108. The predicted molar refractivity (Wildman–Crippen MR) is 111 cm³/mol. The van der Waals surface area contributed by atoms with E-state index >= 15 is 0 Å². The van der Waals surface area contributed by atoms with Crippen molar-refractivity contribution in [1.29, 1.82) is 5.26 Å². The Morgan fingerprint density at radius 2 is 2.04 bits per heavy atom. The first kappa shape index (κ1) is 21.8. The van der Waals surface area contributed by atoms with Gasteiger partial charge in [-0.2, -0.15) is 17.0 Å². The minimum atomic E-state index is -0.989. The molecular formula is C21H27N3O3S. The maximum Gasteiger partial charge on any atom is 0.326 e. The van der Waals surface area contributed by atoms with E-state index < -0.39 is 12.0 Å². The lowest BCUT2D eigenvalue weighted by molar-refractivity contribution is -0.139. The van der Waals surface area contributed by atoms with E-state index in [9.17, 15) is 20.0 Å². The highest BCUT2D eigenvalue weighted by Crippen LogP contribution is 2.22. The summed E-state index contributed by atoms with van der Waals surface area (Å²) in [6, 6.07) is 11.4. The van der Waals surface area contributed by atoms with Crippen LogP contribution in [0.5, 0.6) is 0 Å². The average molecular weight is 402 g/mol. The molecule has 1 aromatic rings. The summed E-state index contributed by atoms with van der Waals surface area (Å²) >= 11 is 1.55. The third-order valence-electron chi connectivity index (χ3n) is 4.96. The number of hydrogen-bond acceptors (Lipinski definition) is 5. The van der Waals surface area contributed by atoms with Crippen LogP contribution in [0.25, 0.3) is 0 Å². The smallest absolute Gasteiger partial charge is 0.326 e. The van der Waals surface area contributed by atoms with Crippen LogP contribution in [0.1, 0.15) is 24.8 Å². The molecule has 2 rings (SSSR count). The van der Waals surface area contributed by atoms with Crippen molar-refractivity contribution in [3.63, 3.8) is 0 Å². The molecule has 7 heteroatoms. The fourth-order valence-corrected chi connectivity index (χ4v) is 3.77. The molecule has 0 spiro atoms.